The molecule has 41 heavy (non-hydrogen) atoms. The maximum atomic E-state index is 13.2. The third kappa shape index (κ3) is 5.96. The van der Waals surface area contributed by atoms with E-state index in [4.69, 9.17) is 25.8 Å². The van der Waals surface area contributed by atoms with Crippen LogP contribution >= 0.6 is 27.5 Å². The van der Waals surface area contributed by atoms with Crippen LogP contribution in [0.5, 0.6) is 17.2 Å². The molecule has 0 saturated carbocycles. The molecule has 1 amide bonds. The molecule has 0 fully saturated rings. The predicted molar refractivity (Wildman–Crippen MR) is 162 cm³/mol. The number of carbonyl (C=O) groups excluding carboxylic acids is 2. The zero-order chi connectivity index (χ0) is 28.9. The number of nitrogens with zero attached hydrogens (tertiary/aromatic N) is 1. The number of fused-ring (bicyclic) bond motifs is 1. The van der Waals surface area contributed by atoms with Crippen molar-refractivity contribution in [3.05, 3.63) is 111 Å². The Labute approximate surface area is 249 Å². The van der Waals surface area contributed by atoms with Crippen molar-refractivity contribution in [3.63, 3.8) is 0 Å². The van der Waals surface area contributed by atoms with E-state index in [0.717, 1.165) is 26.5 Å². The van der Waals surface area contributed by atoms with E-state index < -0.39 is 11.9 Å². The molecule has 1 heterocycles. The average molecular weight is 633 g/mol. The SMILES string of the molecule is COc1cc(C=NNC(=O)c2[nH]c3c(Br)cccc3c2-c2ccccc2)ccc1OC(=O)c1cc(Cl)ccc1OC. The van der Waals surface area contributed by atoms with Gasteiger partial charge >= 0.3 is 5.97 Å². The number of esters is 1. The molecule has 5 aromatic rings. The molecule has 0 atom stereocenters. The Hall–Kier alpha value is -4.60. The number of rotatable bonds is 8. The lowest BCUT2D eigenvalue weighted by molar-refractivity contribution is 0.0726. The van der Waals surface area contributed by atoms with Gasteiger partial charge in [-0.1, -0.05) is 54.1 Å². The quantitative estimate of drug-likeness (QED) is 0.0812. The van der Waals surface area contributed by atoms with Gasteiger partial charge in [-0.05, 0) is 69.5 Å². The lowest BCUT2D eigenvalue weighted by atomic mass is 10.0. The molecular weight excluding hydrogens is 610 g/mol. The second-order valence-corrected chi connectivity index (χ2v) is 10.0. The number of aromatic amines is 1. The van der Waals surface area contributed by atoms with Gasteiger partial charge in [0.05, 0.1) is 26.0 Å². The Bertz CT molecular complexity index is 1790. The van der Waals surface area contributed by atoms with Crippen LogP contribution in [0.4, 0.5) is 0 Å². The molecule has 2 N–H and O–H groups in total. The van der Waals surface area contributed by atoms with Crippen LogP contribution in [0.3, 0.4) is 0 Å². The zero-order valence-corrected chi connectivity index (χ0v) is 24.2. The monoisotopic (exact) mass is 631 g/mol. The fraction of sp³-hybridized carbons (Fsp3) is 0.0645. The van der Waals surface area contributed by atoms with Crippen molar-refractivity contribution in [1.82, 2.24) is 10.4 Å². The normalized spacial score (nSPS) is 11.0. The highest BCUT2D eigenvalue weighted by atomic mass is 79.9. The van der Waals surface area contributed by atoms with Crippen LogP contribution in [-0.4, -0.2) is 37.3 Å². The van der Waals surface area contributed by atoms with E-state index in [9.17, 15) is 9.59 Å². The van der Waals surface area contributed by atoms with E-state index in [1.54, 1.807) is 30.3 Å². The Morgan fingerprint density at radius 1 is 0.902 bits per heavy atom. The number of nitrogens with one attached hydrogen (secondary N) is 2. The number of benzene rings is 4. The molecule has 0 unspecified atom stereocenters. The highest BCUT2D eigenvalue weighted by Gasteiger charge is 2.20. The fourth-order valence-corrected chi connectivity index (χ4v) is 4.96. The van der Waals surface area contributed by atoms with Crippen LogP contribution < -0.4 is 19.6 Å². The molecule has 0 bridgehead atoms. The molecule has 8 nitrogen and oxygen atoms in total. The molecule has 1 aromatic heterocycles. The second kappa shape index (κ2) is 12.3. The minimum absolute atomic E-state index is 0.175. The molecule has 0 aliphatic heterocycles. The van der Waals surface area contributed by atoms with Crippen molar-refractivity contribution >= 4 is 56.5 Å². The number of ether oxygens (including phenoxy) is 3. The first kappa shape index (κ1) is 27.9. The molecule has 0 aliphatic rings. The van der Waals surface area contributed by atoms with Gasteiger partial charge in [0.2, 0.25) is 0 Å². The Balaban J connectivity index is 1.35. The fourth-order valence-electron chi connectivity index (χ4n) is 4.32. The van der Waals surface area contributed by atoms with Gasteiger partial charge in [-0.2, -0.15) is 5.10 Å². The number of halogens is 2. The van der Waals surface area contributed by atoms with Crippen molar-refractivity contribution in [2.75, 3.05) is 14.2 Å². The van der Waals surface area contributed by atoms with Gasteiger partial charge in [-0.3, -0.25) is 4.79 Å². The minimum Gasteiger partial charge on any atom is -0.496 e. The van der Waals surface area contributed by atoms with Crippen molar-refractivity contribution in [2.45, 2.75) is 0 Å². The Morgan fingerprint density at radius 2 is 1.66 bits per heavy atom. The van der Waals surface area contributed by atoms with Gasteiger partial charge in [0.15, 0.2) is 11.5 Å². The molecular formula is C31H23BrClN3O5. The molecule has 0 saturated heterocycles. The number of amides is 1. The zero-order valence-electron chi connectivity index (χ0n) is 21.9. The Morgan fingerprint density at radius 3 is 2.41 bits per heavy atom. The first-order valence-corrected chi connectivity index (χ1v) is 13.5. The van der Waals surface area contributed by atoms with E-state index in [1.807, 2.05) is 48.5 Å². The van der Waals surface area contributed by atoms with Gasteiger partial charge in [0.1, 0.15) is 17.0 Å². The summed E-state index contributed by atoms with van der Waals surface area (Å²) in [5.74, 6) is -0.249. The third-order valence-corrected chi connectivity index (χ3v) is 7.12. The smallest absolute Gasteiger partial charge is 0.347 e. The summed E-state index contributed by atoms with van der Waals surface area (Å²) in [7, 11) is 2.90. The van der Waals surface area contributed by atoms with Gasteiger partial charge < -0.3 is 19.2 Å². The van der Waals surface area contributed by atoms with Crippen molar-refractivity contribution in [3.8, 4) is 28.4 Å². The molecule has 4 aromatic carbocycles. The number of para-hydroxylation sites is 1. The molecule has 0 spiro atoms. The first-order chi connectivity index (χ1) is 19.9. The lowest BCUT2D eigenvalue weighted by Crippen LogP contribution is -2.18. The highest BCUT2D eigenvalue weighted by Crippen LogP contribution is 2.36. The van der Waals surface area contributed by atoms with Crippen LogP contribution in [0.1, 0.15) is 26.4 Å². The van der Waals surface area contributed by atoms with Gasteiger partial charge in [-0.25, -0.2) is 10.2 Å². The van der Waals surface area contributed by atoms with E-state index in [0.29, 0.717) is 27.8 Å². The summed E-state index contributed by atoms with van der Waals surface area (Å²) in [6.45, 7) is 0. The molecule has 0 aliphatic carbocycles. The summed E-state index contributed by atoms with van der Waals surface area (Å²) in [5.41, 5.74) is 6.24. The molecule has 5 rings (SSSR count). The highest BCUT2D eigenvalue weighted by molar-refractivity contribution is 9.10. The number of carbonyl (C=O) groups is 2. The summed E-state index contributed by atoms with van der Waals surface area (Å²) < 4.78 is 17.0. The maximum absolute atomic E-state index is 13.2. The molecule has 0 radical (unpaired) electrons. The molecule has 10 heteroatoms. The number of hydrogen-bond donors (Lipinski definition) is 2. The van der Waals surface area contributed by atoms with Crippen molar-refractivity contribution in [1.29, 1.82) is 0 Å². The number of methoxy groups -OCH3 is 2. The van der Waals surface area contributed by atoms with Crippen molar-refractivity contribution < 1.29 is 23.8 Å². The molecule has 206 valence electrons. The minimum atomic E-state index is -0.657. The summed E-state index contributed by atoms with van der Waals surface area (Å²) >= 11 is 9.60. The lowest BCUT2D eigenvalue weighted by Gasteiger charge is -2.12. The van der Waals surface area contributed by atoms with E-state index in [-0.39, 0.29) is 11.3 Å². The number of hydrazone groups is 1. The van der Waals surface area contributed by atoms with E-state index in [2.05, 4.69) is 31.4 Å². The average Bonchev–Trinajstić information content (AvgIpc) is 3.39. The van der Waals surface area contributed by atoms with Crippen LogP contribution in [-0.2, 0) is 0 Å². The topological polar surface area (TPSA) is 102 Å². The maximum Gasteiger partial charge on any atom is 0.347 e. The predicted octanol–water partition coefficient (Wildman–Crippen LogP) is 7.25. The number of aromatic nitrogens is 1. The largest absolute Gasteiger partial charge is 0.496 e. The first-order valence-electron chi connectivity index (χ1n) is 12.3. The third-order valence-electron chi connectivity index (χ3n) is 6.22. The standard InChI is InChI=1S/C31H23BrClN3O5/c1-39-24-14-12-20(33)16-22(24)31(38)41-25-13-11-18(15-26(25)40-2)17-34-36-30(37)29-27(19-7-4-3-5-8-19)21-9-6-10-23(32)28(21)35-29/h3-17,35H,1-2H3,(H,36,37). The summed E-state index contributed by atoms with van der Waals surface area (Å²) in [5, 5.41) is 5.42. The van der Waals surface area contributed by atoms with Crippen LogP contribution in [0, 0.1) is 0 Å². The number of H-pyrrole nitrogens is 1. The van der Waals surface area contributed by atoms with E-state index in [1.165, 1.54) is 26.5 Å². The van der Waals surface area contributed by atoms with Crippen molar-refractivity contribution in [2.24, 2.45) is 5.10 Å². The van der Waals surface area contributed by atoms with Crippen LogP contribution in [0.25, 0.3) is 22.0 Å². The van der Waals surface area contributed by atoms with Gasteiger partial charge in [0.25, 0.3) is 5.91 Å². The summed E-state index contributed by atoms with van der Waals surface area (Å²) in [6.07, 6.45) is 1.47. The second-order valence-electron chi connectivity index (χ2n) is 8.75. The van der Waals surface area contributed by atoms with Crippen LogP contribution in [0.2, 0.25) is 5.02 Å². The number of hydrogen-bond acceptors (Lipinski definition) is 6. The van der Waals surface area contributed by atoms with Gasteiger partial charge in [0, 0.05) is 20.4 Å². The summed E-state index contributed by atoms with van der Waals surface area (Å²) in [6, 6.07) is 25.0. The van der Waals surface area contributed by atoms with Crippen LogP contribution in [0.15, 0.2) is 94.5 Å². The van der Waals surface area contributed by atoms with Gasteiger partial charge in [-0.15, -0.1) is 0 Å². The summed E-state index contributed by atoms with van der Waals surface area (Å²) in [4.78, 5) is 29.3. The van der Waals surface area contributed by atoms with E-state index >= 15 is 0 Å². The Kier molecular flexibility index (Phi) is 8.37.